The van der Waals surface area contributed by atoms with Gasteiger partial charge in [0.2, 0.25) is 0 Å². The summed E-state index contributed by atoms with van der Waals surface area (Å²) < 4.78 is 5.37. The van der Waals surface area contributed by atoms with Crippen molar-refractivity contribution in [1.82, 2.24) is 10.2 Å². The van der Waals surface area contributed by atoms with Gasteiger partial charge in [0.05, 0.1) is 12.6 Å². The summed E-state index contributed by atoms with van der Waals surface area (Å²) in [4.78, 5) is 24.7. The number of methoxy groups -OCH3 is 1. The zero-order chi connectivity index (χ0) is 17.0. The molecule has 1 saturated heterocycles. The van der Waals surface area contributed by atoms with Gasteiger partial charge in [0.25, 0.3) is 5.91 Å². The van der Waals surface area contributed by atoms with Gasteiger partial charge in [-0.3, -0.25) is 4.79 Å². The lowest BCUT2D eigenvalue weighted by molar-refractivity contribution is -0.134. The summed E-state index contributed by atoms with van der Waals surface area (Å²) in [5, 5.41) is 13.3. The summed E-state index contributed by atoms with van der Waals surface area (Å²) in [7, 11) is 1.54. The van der Waals surface area contributed by atoms with Crippen LogP contribution in [-0.2, 0) is 9.53 Å². The molecule has 0 aliphatic carbocycles. The molecular formula is C15H20ClN3O4. The van der Waals surface area contributed by atoms with Crippen LogP contribution in [0.4, 0.5) is 4.79 Å². The van der Waals surface area contributed by atoms with Crippen LogP contribution in [0.2, 0.25) is 5.02 Å². The molecule has 1 aliphatic rings. The van der Waals surface area contributed by atoms with Gasteiger partial charge < -0.3 is 25.8 Å². The highest BCUT2D eigenvalue weighted by Gasteiger charge is 2.43. The Kier molecular flexibility index (Phi) is 5.46. The summed E-state index contributed by atoms with van der Waals surface area (Å²) in [6, 6.07) is 6.80. The van der Waals surface area contributed by atoms with Gasteiger partial charge in [0.15, 0.2) is 5.60 Å². The van der Waals surface area contributed by atoms with E-state index in [4.69, 9.17) is 22.1 Å². The second kappa shape index (κ2) is 7.16. The number of hydrogen-bond acceptors (Lipinski definition) is 4. The van der Waals surface area contributed by atoms with E-state index in [1.165, 1.54) is 4.90 Å². The average molecular weight is 342 g/mol. The Hall–Kier alpha value is -1.83. The van der Waals surface area contributed by atoms with E-state index in [-0.39, 0.29) is 38.2 Å². The quantitative estimate of drug-likeness (QED) is 0.731. The molecule has 2 rings (SSSR count). The molecule has 1 aromatic rings. The Labute approximate surface area is 139 Å². The SMILES string of the molecule is COC(CNC(=O)N1CCC(O)(C(N)=O)C1)c1cccc(Cl)c1. The number of β-amino-alcohol motifs (C(OH)–C–C–N with tert-alkyl or cyclic N) is 1. The second-order valence-electron chi connectivity index (χ2n) is 5.53. The molecular weight excluding hydrogens is 322 g/mol. The number of amides is 3. The number of nitrogens with zero attached hydrogens (tertiary/aromatic N) is 1. The van der Waals surface area contributed by atoms with E-state index < -0.39 is 11.5 Å². The number of primary amides is 1. The Bertz CT molecular complexity index is 598. The van der Waals surface area contributed by atoms with E-state index in [1.54, 1.807) is 25.3 Å². The zero-order valence-corrected chi connectivity index (χ0v) is 13.5. The van der Waals surface area contributed by atoms with Crippen LogP contribution in [0.5, 0.6) is 0 Å². The number of nitrogens with two attached hydrogens (primary N) is 1. The normalized spacial score (nSPS) is 22.0. The Morgan fingerprint density at radius 2 is 2.30 bits per heavy atom. The van der Waals surface area contributed by atoms with Crippen LogP contribution in [0.25, 0.3) is 0 Å². The van der Waals surface area contributed by atoms with Gasteiger partial charge in [-0.25, -0.2) is 4.79 Å². The minimum absolute atomic E-state index is 0.108. The van der Waals surface area contributed by atoms with Crippen LogP contribution in [0.15, 0.2) is 24.3 Å². The molecule has 126 valence electrons. The monoisotopic (exact) mass is 341 g/mol. The summed E-state index contributed by atoms with van der Waals surface area (Å²) in [5.74, 6) is -0.818. The van der Waals surface area contributed by atoms with Crippen molar-refractivity contribution in [2.24, 2.45) is 5.73 Å². The molecule has 1 heterocycles. The molecule has 1 aliphatic heterocycles. The lowest BCUT2D eigenvalue weighted by Crippen LogP contribution is -2.48. The molecule has 2 atom stereocenters. The van der Waals surface area contributed by atoms with Crippen LogP contribution in [0.3, 0.4) is 0 Å². The predicted octanol–water partition coefficient (Wildman–Crippen LogP) is 0.659. The highest BCUT2D eigenvalue weighted by atomic mass is 35.5. The molecule has 7 nitrogen and oxygen atoms in total. The number of ether oxygens (including phenoxy) is 1. The molecule has 8 heteroatoms. The van der Waals surface area contributed by atoms with Crippen LogP contribution in [0.1, 0.15) is 18.1 Å². The van der Waals surface area contributed by atoms with Crippen LogP contribution in [-0.4, -0.2) is 54.3 Å². The fraction of sp³-hybridized carbons (Fsp3) is 0.467. The zero-order valence-electron chi connectivity index (χ0n) is 12.8. The van der Waals surface area contributed by atoms with Crippen molar-refractivity contribution in [3.05, 3.63) is 34.9 Å². The van der Waals surface area contributed by atoms with Gasteiger partial charge in [0, 0.05) is 31.6 Å². The van der Waals surface area contributed by atoms with Crippen LogP contribution >= 0.6 is 11.6 Å². The Balaban J connectivity index is 1.92. The summed E-state index contributed by atoms with van der Waals surface area (Å²) >= 11 is 5.95. The summed E-state index contributed by atoms with van der Waals surface area (Å²) in [6.45, 7) is 0.393. The maximum Gasteiger partial charge on any atom is 0.317 e. The molecule has 1 fully saturated rings. The summed E-state index contributed by atoms with van der Waals surface area (Å²) in [5.41, 5.74) is 4.34. The van der Waals surface area contributed by atoms with Gasteiger partial charge in [-0.15, -0.1) is 0 Å². The first-order chi connectivity index (χ1) is 10.9. The average Bonchev–Trinajstić information content (AvgIpc) is 2.92. The maximum atomic E-state index is 12.1. The molecule has 0 spiro atoms. The van der Waals surface area contributed by atoms with Crippen molar-refractivity contribution in [3.8, 4) is 0 Å². The minimum Gasteiger partial charge on any atom is -0.378 e. The van der Waals surface area contributed by atoms with E-state index in [1.807, 2.05) is 6.07 Å². The number of nitrogens with one attached hydrogen (secondary N) is 1. The van der Waals surface area contributed by atoms with Gasteiger partial charge in [-0.1, -0.05) is 23.7 Å². The Morgan fingerprint density at radius 3 is 2.87 bits per heavy atom. The maximum absolute atomic E-state index is 12.1. The third-order valence-corrected chi connectivity index (χ3v) is 4.17. The molecule has 23 heavy (non-hydrogen) atoms. The topological polar surface area (TPSA) is 105 Å². The lowest BCUT2D eigenvalue weighted by Gasteiger charge is -2.22. The van der Waals surface area contributed by atoms with Crippen molar-refractivity contribution in [3.63, 3.8) is 0 Å². The fourth-order valence-corrected chi connectivity index (χ4v) is 2.70. The van der Waals surface area contributed by atoms with E-state index in [2.05, 4.69) is 5.32 Å². The second-order valence-corrected chi connectivity index (χ2v) is 5.97. The fourth-order valence-electron chi connectivity index (χ4n) is 2.50. The van der Waals surface area contributed by atoms with E-state index in [0.29, 0.717) is 5.02 Å². The highest BCUT2D eigenvalue weighted by molar-refractivity contribution is 6.30. The van der Waals surface area contributed by atoms with Gasteiger partial charge in [0.1, 0.15) is 0 Å². The van der Waals surface area contributed by atoms with E-state index in [0.717, 1.165) is 5.56 Å². The minimum atomic E-state index is -1.65. The molecule has 0 saturated carbocycles. The molecule has 0 aromatic heterocycles. The number of aliphatic hydroxyl groups is 1. The van der Waals surface area contributed by atoms with Crippen molar-refractivity contribution >= 4 is 23.5 Å². The molecule has 0 radical (unpaired) electrons. The third kappa shape index (κ3) is 4.13. The number of rotatable bonds is 5. The number of halogens is 1. The highest BCUT2D eigenvalue weighted by Crippen LogP contribution is 2.22. The van der Waals surface area contributed by atoms with Crippen molar-refractivity contribution in [2.75, 3.05) is 26.7 Å². The van der Waals surface area contributed by atoms with Gasteiger partial charge >= 0.3 is 6.03 Å². The van der Waals surface area contributed by atoms with Crippen LogP contribution < -0.4 is 11.1 Å². The van der Waals surface area contributed by atoms with E-state index >= 15 is 0 Å². The lowest BCUT2D eigenvalue weighted by atomic mass is 10.0. The first kappa shape index (κ1) is 17.5. The van der Waals surface area contributed by atoms with Crippen LogP contribution in [0, 0.1) is 0 Å². The molecule has 0 bridgehead atoms. The molecule has 2 unspecified atom stereocenters. The number of likely N-dealkylation sites (tertiary alicyclic amines) is 1. The number of hydrogen-bond donors (Lipinski definition) is 3. The predicted molar refractivity (Wildman–Crippen MR) is 84.9 cm³/mol. The van der Waals surface area contributed by atoms with Gasteiger partial charge in [-0.2, -0.15) is 0 Å². The van der Waals surface area contributed by atoms with E-state index in [9.17, 15) is 14.7 Å². The number of carbonyl (C=O) groups is 2. The first-order valence-electron chi connectivity index (χ1n) is 7.19. The van der Waals surface area contributed by atoms with Crippen molar-refractivity contribution in [1.29, 1.82) is 0 Å². The first-order valence-corrected chi connectivity index (χ1v) is 7.57. The molecule has 3 amide bonds. The number of urea groups is 1. The Morgan fingerprint density at radius 1 is 1.57 bits per heavy atom. The standard InChI is InChI=1S/C15H20ClN3O4/c1-23-12(10-3-2-4-11(16)7-10)8-18-14(21)19-6-5-15(22,9-19)13(17)20/h2-4,7,12,22H,5-6,8-9H2,1H3,(H2,17,20)(H,18,21). The smallest absolute Gasteiger partial charge is 0.317 e. The molecule has 1 aromatic carbocycles. The third-order valence-electron chi connectivity index (χ3n) is 3.94. The number of carbonyl (C=O) groups excluding carboxylic acids is 2. The van der Waals surface area contributed by atoms with Crippen molar-refractivity contribution in [2.45, 2.75) is 18.1 Å². The molecule has 4 N–H and O–H groups in total. The van der Waals surface area contributed by atoms with Gasteiger partial charge in [-0.05, 0) is 17.7 Å². The number of benzene rings is 1. The summed E-state index contributed by atoms with van der Waals surface area (Å²) in [6.07, 6.45) is -0.215. The van der Waals surface area contributed by atoms with Crippen molar-refractivity contribution < 1.29 is 19.4 Å². The largest absolute Gasteiger partial charge is 0.378 e.